The zero-order valence-electron chi connectivity index (χ0n) is 20.0. The van der Waals surface area contributed by atoms with Crippen LogP contribution in [0.1, 0.15) is 0 Å². The fraction of sp³-hybridized carbons (Fsp3) is 0.185. The molecule has 0 radical (unpaired) electrons. The zero-order chi connectivity index (χ0) is 25.9. The molecule has 0 aliphatic carbocycles. The number of amides is 2. The quantitative estimate of drug-likeness (QED) is 0.400. The molecular formula is C27H23F2N5O3. The maximum absolute atomic E-state index is 13.5. The minimum atomic E-state index is -0.405. The van der Waals surface area contributed by atoms with Crippen LogP contribution in [-0.4, -0.2) is 58.2 Å². The maximum atomic E-state index is 13.5. The van der Waals surface area contributed by atoms with Crippen LogP contribution in [0, 0.1) is 11.6 Å². The van der Waals surface area contributed by atoms with Crippen molar-refractivity contribution < 1.29 is 23.1 Å². The van der Waals surface area contributed by atoms with Crippen LogP contribution in [0.3, 0.4) is 0 Å². The van der Waals surface area contributed by atoms with Gasteiger partial charge in [-0.25, -0.2) is 18.4 Å². The molecule has 1 aliphatic rings. The summed E-state index contributed by atoms with van der Waals surface area (Å²) < 4.78 is 33.6. The number of hydrogen-bond acceptors (Lipinski definition) is 5. The van der Waals surface area contributed by atoms with E-state index in [0.29, 0.717) is 47.3 Å². The monoisotopic (exact) mass is 503 g/mol. The normalized spacial score (nSPS) is 13.6. The number of rotatable bonds is 6. The molecule has 8 nitrogen and oxygen atoms in total. The predicted octanol–water partition coefficient (Wildman–Crippen LogP) is 3.77. The van der Waals surface area contributed by atoms with Gasteiger partial charge in [-0.3, -0.25) is 9.59 Å². The number of nitrogens with zero attached hydrogens (tertiary/aromatic N) is 5. The molecule has 0 spiro atoms. The van der Waals surface area contributed by atoms with Crippen LogP contribution in [-0.2, 0) is 16.1 Å². The van der Waals surface area contributed by atoms with Crippen molar-refractivity contribution in [2.45, 2.75) is 6.54 Å². The Kier molecular flexibility index (Phi) is 6.63. The number of benzene rings is 3. The van der Waals surface area contributed by atoms with Gasteiger partial charge in [-0.15, -0.1) is 5.10 Å². The third-order valence-electron chi connectivity index (χ3n) is 6.10. The van der Waals surface area contributed by atoms with E-state index in [1.807, 2.05) is 6.07 Å². The number of methoxy groups -OCH3 is 1. The first-order chi connectivity index (χ1) is 17.9. The average Bonchev–Trinajstić information content (AvgIpc) is 3.33. The van der Waals surface area contributed by atoms with Gasteiger partial charge in [0.15, 0.2) is 11.6 Å². The summed E-state index contributed by atoms with van der Waals surface area (Å²) in [6.45, 7) is 0.419. The Labute approximate surface area is 211 Å². The van der Waals surface area contributed by atoms with Crippen molar-refractivity contribution in [1.29, 1.82) is 0 Å². The Bertz CT molecular complexity index is 1440. The van der Waals surface area contributed by atoms with E-state index in [0.717, 1.165) is 0 Å². The number of halogens is 2. The lowest BCUT2D eigenvalue weighted by Crippen LogP contribution is -2.53. The van der Waals surface area contributed by atoms with Gasteiger partial charge in [-0.2, -0.15) is 0 Å². The molecule has 2 heterocycles. The first kappa shape index (κ1) is 24.1. The van der Waals surface area contributed by atoms with E-state index in [4.69, 9.17) is 4.74 Å². The Balaban J connectivity index is 1.37. The number of ether oxygens (including phenoxy) is 1. The maximum Gasteiger partial charge on any atom is 0.246 e. The molecule has 1 aliphatic heterocycles. The highest BCUT2D eigenvalue weighted by molar-refractivity contribution is 5.98. The molecule has 0 atom stereocenters. The van der Waals surface area contributed by atoms with Crippen LogP contribution < -0.4 is 9.64 Å². The van der Waals surface area contributed by atoms with Gasteiger partial charge in [0.25, 0.3) is 0 Å². The molecule has 37 heavy (non-hydrogen) atoms. The molecule has 0 N–H and O–H groups in total. The average molecular weight is 504 g/mol. The summed E-state index contributed by atoms with van der Waals surface area (Å²) in [4.78, 5) is 33.8. The Hall–Kier alpha value is -4.60. The van der Waals surface area contributed by atoms with E-state index in [9.17, 15) is 18.4 Å². The van der Waals surface area contributed by atoms with Crippen LogP contribution >= 0.6 is 0 Å². The minimum absolute atomic E-state index is 0.0819. The Morgan fingerprint density at radius 3 is 2.27 bits per heavy atom. The second-order valence-corrected chi connectivity index (χ2v) is 8.49. The van der Waals surface area contributed by atoms with E-state index in [2.05, 4.69) is 10.1 Å². The summed E-state index contributed by atoms with van der Waals surface area (Å²) in [6, 6.07) is 18.6. The summed E-state index contributed by atoms with van der Waals surface area (Å²) in [6.07, 6.45) is 0. The standard InChI is InChI=1S/C27H23F2N5O3/c1-37-23-4-2-3-22(15-23)33-14-13-32(16-25(33)36)24(35)17-34-27(19-7-11-21(29)12-8-19)30-26(31-34)18-5-9-20(28)10-6-18/h2-12,15H,13-14,16-17H2,1H3. The highest BCUT2D eigenvalue weighted by atomic mass is 19.1. The molecule has 0 saturated carbocycles. The lowest BCUT2D eigenvalue weighted by atomic mass is 10.2. The molecule has 0 bridgehead atoms. The highest BCUT2D eigenvalue weighted by Crippen LogP contribution is 2.25. The second kappa shape index (κ2) is 10.2. The smallest absolute Gasteiger partial charge is 0.246 e. The molecule has 0 unspecified atom stereocenters. The minimum Gasteiger partial charge on any atom is -0.497 e. The summed E-state index contributed by atoms with van der Waals surface area (Å²) in [5.41, 5.74) is 1.84. The van der Waals surface area contributed by atoms with E-state index >= 15 is 0 Å². The first-order valence-corrected chi connectivity index (χ1v) is 11.6. The predicted molar refractivity (Wildman–Crippen MR) is 133 cm³/mol. The molecular weight excluding hydrogens is 480 g/mol. The van der Waals surface area contributed by atoms with Crippen molar-refractivity contribution in [2.24, 2.45) is 0 Å². The summed E-state index contributed by atoms with van der Waals surface area (Å²) >= 11 is 0. The highest BCUT2D eigenvalue weighted by Gasteiger charge is 2.29. The van der Waals surface area contributed by atoms with Gasteiger partial charge in [-0.1, -0.05) is 6.07 Å². The third kappa shape index (κ3) is 5.18. The molecule has 1 aromatic heterocycles. The van der Waals surface area contributed by atoms with Gasteiger partial charge in [0.2, 0.25) is 11.8 Å². The van der Waals surface area contributed by atoms with Crippen molar-refractivity contribution in [3.8, 4) is 28.5 Å². The Morgan fingerprint density at radius 1 is 0.946 bits per heavy atom. The SMILES string of the molecule is COc1cccc(N2CCN(C(=O)Cn3nc(-c4ccc(F)cc4)nc3-c3ccc(F)cc3)CC2=O)c1. The summed E-state index contributed by atoms with van der Waals surface area (Å²) in [7, 11) is 1.56. The van der Waals surface area contributed by atoms with Crippen LogP contribution in [0.15, 0.2) is 72.8 Å². The molecule has 188 valence electrons. The molecule has 5 rings (SSSR count). The third-order valence-corrected chi connectivity index (χ3v) is 6.10. The summed E-state index contributed by atoms with van der Waals surface area (Å²) in [5.74, 6) is -0.0259. The van der Waals surface area contributed by atoms with Crippen molar-refractivity contribution in [2.75, 3.05) is 31.6 Å². The van der Waals surface area contributed by atoms with Gasteiger partial charge in [0.05, 0.1) is 7.11 Å². The van der Waals surface area contributed by atoms with Crippen molar-refractivity contribution in [3.63, 3.8) is 0 Å². The van der Waals surface area contributed by atoms with Gasteiger partial charge in [0, 0.05) is 36.0 Å². The number of anilines is 1. The fourth-order valence-electron chi connectivity index (χ4n) is 4.15. The van der Waals surface area contributed by atoms with E-state index in [1.165, 1.54) is 33.8 Å². The van der Waals surface area contributed by atoms with Gasteiger partial charge in [0.1, 0.15) is 30.5 Å². The van der Waals surface area contributed by atoms with Crippen LogP contribution in [0.4, 0.5) is 14.5 Å². The van der Waals surface area contributed by atoms with Crippen molar-refractivity contribution >= 4 is 17.5 Å². The topological polar surface area (TPSA) is 80.6 Å². The molecule has 1 fully saturated rings. The largest absolute Gasteiger partial charge is 0.497 e. The number of hydrogen-bond donors (Lipinski definition) is 0. The lowest BCUT2D eigenvalue weighted by Gasteiger charge is -2.34. The van der Waals surface area contributed by atoms with Crippen LogP contribution in [0.25, 0.3) is 22.8 Å². The van der Waals surface area contributed by atoms with Gasteiger partial charge in [-0.05, 0) is 60.7 Å². The Morgan fingerprint density at radius 2 is 1.62 bits per heavy atom. The summed E-state index contributed by atoms with van der Waals surface area (Å²) in [5, 5.41) is 4.48. The molecule has 1 saturated heterocycles. The van der Waals surface area contributed by atoms with Crippen LogP contribution in [0.5, 0.6) is 5.75 Å². The fourth-order valence-corrected chi connectivity index (χ4v) is 4.15. The van der Waals surface area contributed by atoms with Crippen LogP contribution in [0.2, 0.25) is 0 Å². The number of carbonyl (C=O) groups is 2. The number of carbonyl (C=O) groups excluding carboxylic acids is 2. The molecule has 3 aromatic carbocycles. The number of piperazine rings is 1. The lowest BCUT2D eigenvalue weighted by molar-refractivity contribution is -0.137. The van der Waals surface area contributed by atoms with Gasteiger partial charge < -0.3 is 14.5 Å². The second-order valence-electron chi connectivity index (χ2n) is 8.49. The van der Waals surface area contributed by atoms with E-state index in [1.54, 1.807) is 54.5 Å². The number of aromatic nitrogens is 3. The van der Waals surface area contributed by atoms with E-state index < -0.39 is 11.6 Å². The van der Waals surface area contributed by atoms with Gasteiger partial charge >= 0.3 is 0 Å². The van der Waals surface area contributed by atoms with Crippen molar-refractivity contribution in [1.82, 2.24) is 19.7 Å². The zero-order valence-corrected chi connectivity index (χ0v) is 20.0. The molecule has 10 heteroatoms. The first-order valence-electron chi connectivity index (χ1n) is 11.6. The molecule has 2 amide bonds. The van der Waals surface area contributed by atoms with E-state index in [-0.39, 0.29) is 24.9 Å². The molecule has 4 aromatic rings. The van der Waals surface area contributed by atoms with Crippen molar-refractivity contribution in [3.05, 3.63) is 84.4 Å².